The van der Waals surface area contributed by atoms with Gasteiger partial charge in [0.05, 0.1) is 6.61 Å². The molecule has 1 aliphatic heterocycles. The minimum atomic E-state index is 0.770. The number of benzene rings is 2. The number of hydrogen-bond donors (Lipinski definition) is 1. The number of hydrogen-bond acceptors (Lipinski definition) is 3. The zero-order valence-electron chi connectivity index (χ0n) is 12.0. The largest absolute Gasteiger partial charge is 0.493 e. The molecule has 0 unspecified atom stereocenters. The summed E-state index contributed by atoms with van der Waals surface area (Å²) < 4.78 is 5.74. The first-order chi connectivity index (χ1) is 10.3. The molecule has 21 heavy (non-hydrogen) atoms. The van der Waals surface area contributed by atoms with Gasteiger partial charge in [-0.15, -0.1) is 11.8 Å². The maximum Gasteiger partial charge on any atom is 0.126 e. The monoisotopic (exact) mass is 319 g/mol. The van der Waals surface area contributed by atoms with Crippen molar-refractivity contribution in [2.75, 3.05) is 13.7 Å². The normalized spacial score (nSPS) is 13.0. The van der Waals surface area contributed by atoms with Crippen molar-refractivity contribution in [3.63, 3.8) is 0 Å². The molecule has 0 aromatic heterocycles. The first-order valence-corrected chi connectivity index (χ1v) is 8.43. The molecule has 2 aromatic rings. The van der Waals surface area contributed by atoms with Gasteiger partial charge in [0, 0.05) is 34.2 Å². The van der Waals surface area contributed by atoms with Gasteiger partial charge >= 0.3 is 0 Å². The number of ether oxygens (including phenoxy) is 1. The zero-order chi connectivity index (χ0) is 14.7. The van der Waals surface area contributed by atoms with Crippen LogP contribution in [-0.4, -0.2) is 13.7 Å². The van der Waals surface area contributed by atoms with Crippen LogP contribution in [0.2, 0.25) is 5.02 Å². The van der Waals surface area contributed by atoms with Crippen molar-refractivity contribution in [3.8, 4) is 5.75 Å². The van der Waals surface area contributed by atoms with Crippen molar-refractivity contribution in [2.45, 2.75) is 23.6 Å². The van der Waals surface area contributed by atoms with Gasteiger partial charge in [-0.3, -0.25) is 0 Å². The Morgan fingerprint density at radius 2 is 2.05 bits per heavy atom. The van der Waals surface area contributed by atoms with Crippen LogP contribution in [0.5, 0.6) is 5.75 Å². The standard InChI is InChI=1S/C17H18ClNOS/c1-19-10-12-2-4-16(5-3-12)21-11-14-9-15(18)8-13-6-7-20-17(13)14/h2-5,8-9,19H,6-7,10-11H2,1H3. The molecule has 110 valence electrons. The molecule has 0 bridgehead atoms. The summed E-state index contributed by atoms with van der Waals surface area (Å²) in [5.41, 5.74) is 3.73. The molecular formula is C17H18ClNOS. The maximum absolute atomic E-state index is 6.19. The van der Waals surface area contributed by atoms with Gasteiger partial charge in [-0.05, 0) is 42.4 Å². The average Bonchev–Trinajstić information content (AvgIpc) is 2.94. The second-order valence-electron chi connectivity index (χ2n) is 5.11. The van der Waals surface area contributed by atoms with Crippen molar-refractivity contribution in [2.24, 2.45) is 0 Å². The lowest BCUT2D eigenvalue weighted by Gasteiger charge is -2.09. The Bertz CT molecular complexity index is 627. The van der Waals surface area contributed by atoms with Gasteiger partial charge in [0.2, 0.25) is 0 Å². The van der Waals surface area contributed by atoms with E-state index in [9.17, 15) is 0 Å². The van der Waals surface area contributed by atoms with E-state index >= 15 is 0 Å². The second-order valence-corrected chi connectivity index (χ2v) is 6.60. The van der Waals surface area contributed by atoms with E-state index in [-0.39, 0.29) is 0 Å². The lowest BCUT2D eigenvalue weighted by Crippen LogP contribution is -2.04. The van der Waals surface area contributed by atoms with Crippen molar-refractivity contribution in [1.29, 1.82) is 0 Å². The highest BCUT2D eigenvalue weighted by molar-refractivity contribution is 7.98. The van der Waals surface area contributed by atoms with Gasteiger partial charge < -0.3 is 10.1 Å². The summed E-state index contributed by atoms with van der Waals surface area (Å²) in [6, 6.07) is 12.7. The topological polar surface area (TPSA) is 21.3 Å². The lowest BCUT2D eigenvalue weighted by molar-refractivity contribution is 0.354. The molecule has 1 aliphatic rings. The van der Waals surface area contributed by atoms with Crippen molar-refractivity contribution >= 4 is 23.4 Å². The van der Waals surface area contributed by atoms with E-state index in [2.05, 4.69) is 29.6 Å². The zero-order valence-corrected chi connectivity index (χ0v) is 13.6. The third-order valence-electron chi connectivity index (χ3n) is 3.52. The Hall–Kier alpha value is -1.16. The number of fused-ring (bicyclic) bond motifs is 1. The predicted octanol–water partition coefficient (Wildman–Crippen LogP) is 4.29. The maximum atomic E-state index is 6.19. The van der Waals surface area contributed by atoms with Crippen molar-refractivity contribution in [1.82, 2.24) is 5.32 Å². The summed E-state index contributed by atoms with van der Waals surface area (Å²) >= 11 is 8.01. The molecule has 2 aromatic carbocycles. The molecule has 0 amide bonds. The summed E-state index contributed by atoms with van der Waals surface area (Å²) in [7, 11) is 1.96. The van der Waals surface area contributed by atoms with E-state index < -0.39 is 0 Å². The summed E-state index contributed by atoms with van der Waals surface area (Å²) in [6.45, 7) is 1.67. The van der Waals surface area contributed by atoms with E-state index in [1.54, 1.807) is 0 Å². The van der Waals surface area contributed by atoms with Gasteiger partial charge in [0.15, 0.2) is 0 Å². The molecule has 0 fully saturated rings. The fraction of sp³-hybridized carbons (Fsp3) is 0.294. The molecule has 4 heteroatoms. The highest BCUT2D eigenvalue weighted by Gasteiger charge is 2.17. The fourth-order valence-corrected chi connectivity index (χ4v) is 3.65. The molecule has 0 atom stereocenters. The summed E-state index contributed by atoms with van der Waals surface area (Å²) in [6.07, 6.45) is 0.965. The molecular weight excluding hydrogens is 302 g/mol. The Kier molecular flexibility index (Phi) is 4.73. The van der Waals surface area contributed by atoms with Crippen LogP contribution in [0.3, 0.4) is 0 Å². The first-order valence-electron chi connectivity index (χ1n) is 7.06. The van der Waals surface area contributed by atoms with Crippen LogP contribution in [0.1, 0.15) is 16.7 Å². The molecule has 0 radical (unpaired) electrons. The molecule has 2 nitrogen and oxygen atoms in total. The first kappa shape index (κ1) is 14.8. The SMILES string of the molecule is CNCc1ccc(SCc2cc(Cl)cc3c2OCC3)cc1. The highest BCUT2D eigenvalue weighted by Crippen LogP contribution is 2.36. The van der Waals surface area contributed by atoms with Gasteiger partial charge in [0.1, 0.15) is 5.75 Å². The molecule has 0 spiro atoms. The van der Waals surface area contributed by atoms with Gasteiger partial charge in [-0.25, -0.2) is 0 Å². The number of halogens is 1. The number of nitrogens with one attached hydrogen (secondary N) is 1. The van der Waals surface area contributed by atoms with Crippen LogP contribution < -0.4 is 10.1 Å². The molecule has 1 heterocycles. The van der Waals surface area contributed by atoms with Crippen molar-refractivity contribution < 1.29 is 4.74 Å². The Labute approximate surface area is 134 Å². The molecule has 0 aliphatic carbocycles. The minimum absolute atomic E-state index is 0.770. The van der Waals surface area contributed by atoms with Crippen LogP contribution in [0.25, 0.3) is 0 Å². The van der Waals surface area contributed by atoms with E-state index in [1.807, 2.05) is 30.9 Å². The molecule has 3 rings (SSSR count). The van der Waals surface area contributed by atoms with Crippen LogP contribution in [-0.2, 0) is 18.7 Å². The van der Waals surface area contributed by atoms with Gasteiger partial charge in [-0.2, -0.15) is 0 Å². The second kappa shape index (κ2) is 6.73. The fourth-order valence-electron chi connectivity index (χ4n) is 2.52. The van der Waals surface area contributed by atoms with E-state index in [1.165, 1.54) is 21.6 Å². The molecule has 1 N–H and O–H groups in total. The van der Waals surface area contributed by atoms with Gasteiger partial charge in [-0.1, -0.05) is 23.7 Å². The number of rotatable bonds is 5. The van der Waals surface area contributed by atoms with Crippen LogP contribution >= 0.6 is 23.4 Å². The minimum Gasteiger partial charge on any atom is -0.493 e. The predicted molar refractivity (Wildman–Crippen MR) is 89.4 cm³/mol. The Morgan fingerprint density at radius 1 is 1.24 bits per heavy atom. The molecule has 0 saturated heterocycles. The number of thioether (sulfide) groups is 1. The average molecular weight is 320 g/mol. The Balaban J connectivity index is 1.70. The van der Waals surface area contributed by atoms with Crippen LogP contribution in [0, 0.1) is 0 Å². The van der Waals surface area contributed by atoms with Crippen LogP contribution in [0.4, 0.5) is 0 Å². The lowest BCUT2D eigenvalue weighted by atomic mass is 10.1. The Morgan fingerprint density at radius 3 is 2.81 bits per heavy atom. The molecule has 0 saturated carbocycles. The van der Waals surface area contributed by atoms with E-state index in [0.29, 0.717) is 0 Å². The quantitative estimate of drug-likeness (QED) is 0.831. The van der Waals surface area contributed by atoms with E-state index in [4.69, 9.17) is 16.3 Å². The van der Waals surface area contributed by atoms with Gasteiger partial charge in [0.25, 0.3) is 0 Å². The van der Waals surface area contributed by atoms with E-state index in [0.717, 1.165) is 36.1 Å². The third kappa shape index (κ3) is 3.54. The van der Waals surface area contributed by atoms with Crippen molar-refractivity contribution in [3.05, 3.63) is 58.1 Å². The summed E-state index contributed by atoms with van der Waals surface area (Å²) in [5.74, 6) is 1.92. The highest BCUT2D eigenvalue weighted by atomic mass is 35.5. The summed E-state index contributed by atoms with van der Waals surface area (Å²) in [4.78, 5) is 1.27. The summed E-state index contributed by atoms with van der Waals surface area (Å²) in [5, 5.41) is 3.96. The third-order valence-corrected chi connectivity index (χ3v) is 4.80. The smallest absolute Gasteiger partial charge is 0.126 e. The van der Waals surface area contributed by atoms with Crippen LogP contribution in [0.15, 0.2) is 41.3 Å².